The average Bonchev–Trinajstić information content (AvgIpc) is 3.61. The lowest BCUT2D eigenvalue weighted by Gasteiger charge is -2.48. The van der Waals surface area contributed by atoms with Gasteiger partial charge in [-0.2, -0.15) is 13.2 Å². The van der Waals surface area contributed by atoms with Gasteiger partial charge in [0.1, 0.15) is 17.7 Å². The van der Waals surface area contributed by atoms with Crippen LogP contribution in [0.5, 0.6) is 0 Å². The smallest absolute Gasteiger partial charge is 0.471 e. The number of carbonyl (C=O) groups excluding carboxylic acids is 1. The Morgan fingerprint density at radius 3 is 2.52 bits per heavy atom. The van der Waals surface area contributed by atoms with Crippen LogP contribution in [0.25, 0.3) is 0 Å². The molecule has 277 valence electrons. The van der Waals surface area contributed by atoms with Gasteiger partial charge < -0.3 is 23.4 Å². The van der Waals surface area contributed by atoms with E-state index in [0.717, 1.165) is 23.5 Å². The molecule has 1 aliphatic carbocycles. The van der Waals surface area contributed by atoms with Gasteiger partial charge >= 0.3 is 12.1 Å². The molecule has 2 aliphatic rings. The molecule has 0 bridgehead atoms. The first kappa shape index (κ1) is 41.5. The third-order valence-corrected chi connectivity index (χ3v) is 15.5. The van der Waals surface area contributed by atoms with Crippen LogP contribution in [0.3, 0.4) is 0 Å². The molecule has 1 heterocycles. The fraction of sp³-hybridized carbons (Fsp3) is 0.571. The Kier molecular flexibility index (Phi) is 14.6. The Morgan fingerprint density at radius 1 is 1.16 bits per heavy atom. The molecule has 0 spiro atoms. The molecule has 1 N–H and O–H groups in total. The molecule has 1 aromatic rings. The van der Waals surface area contributed by atoms with E-state index in [0.29, 0.717) is 24.3 Å². The lowest BCUT2D eigenvalue weighted by molar-refractivity contribution is -0.386. The maximum Gasteiger partial charge on any atom is 0.471 e. The number of halogens is 3. The Morgan fingerprint density at radius 2 is 1.88 bits per heavy atom. The molecule has 3 rings (SSSR count). The Bertz CT molecular complexity index is 1540. The number of nitro groups is 1. The molecule has 1 aromatic carbocycles. The molecule has 0 fully saturated rings. The number of nitrogens with one attached hydrogen (secondary N) is 1. The van der Waals surface area contributed by atoms with E-state index in [1.807, 2.05) is 6.08 Å². The molecule has 1 aliphatic heterocycles. The van der Waals surface area contributed by atoms with Crippen molar-refractivity contribution in [2.45, 2.75) is 90.0 Å². The quantitative estimate of drug-likeness (QED) is 0.0357. The highest BCUT2D eigenvalue weighted by molar-refractivity contribution is 8.75. The zero-order chi connectivity index (χ0) is 37.3. The van der Waals surface area contributed by atoms with Crippen LogP contribution >= 0.6 is 21.9 Å². The maximum absolute atomic E-state index is 12.4. The molecule has 1 amide bonds. The number of rotatable bonds is 15. The summed E-state index contributed by atoms with van der Waals surface area (Å²) in [4.78, 5) is 22.0. The lowest BCUT2D eigenvalue weighted by atomic mass is 9.95. The summed E-state index contributed by atoms with van der Waals surface area (Å²) in [6, 6.07) is 4.31. The van der Waals surface area contributed by atoms with Gasteiger partial charge in [0.05, 0.1) is 36.2 Å². The number of nitrogens with zero attached hydrogens (tertiary/aromatic N) is 1. The van der Waals surface area contributed by atoms with Crippen LogP contribution in [0.15, 0.2) is 53.5 Å². The van der Waals surface area contributed by atoms with E-state index in [1.54, 1.807) is 22.2 Å². The number of amides is 1. The van der Waals surface area contributed by atoms with Gasteiger partial charge in [0.25, 0.3) is 5.69 Å². The number of carbonyl (C=O) groups is 1. The van der Waals surface area contributed by atoms with Crippen molar-refractivity contribution in [1.29, 1.82) is 0 Å². The van der Waals surface area contributed by atoms with Crippen molar-refractivity contribution in [2.75, 3.05) is 26.4 Å². The van der Waals surface area contributed by atoms with Gasteiger partial charge in [-0.25, -0.2) is 0 Å². The molecular weight excluding hydrogens is 710 g/mol. The van der Waals surface area contributed by atoms with Gasteiger partial charge in [0.15, 0.2) is 11.5 Å². The van der Waals surface area contributed by atoms with E-state index in [4.69, 9.17) is 18.1 Å². The standard InChI is InChI=1S/C35H47F3N2O7S2Si/c1-33(2,3)48-49-47-31-28(22-45-30(31)23-46-50(7,8)34(4,5)6)19-26-12-11-24(18-26)10-9-17-44-21-27-14-13-25(20-29(27)40(42)43)15-16-39-32(41)35(36,37)38/h11-14,18,20,26,28H,15-17,19,21-23H2,1-8H3,(H,39,41)/q-1. The minimum absolute atomic E-state index is 0.000700. The third-order valence-electron chi connectivity index (χ3n) is 8.32. The van der Waals surface area contributed by atoms with Crippen molar-refractivity contribution in [1.82, 2.24) is 5.32 Å². The van der Waals surface area contributed by atoms with Crippen molar-refractivity contribution in [3.05, 3.63) is 74.8 Å². The van der Waals surface area contributed by atoms with Gasteiger partial charge in [-0.3, -0.25) is 14.9 Å². The van der Waals surface area contributed by atoms with Crippen LogP contribution in [-0.4, -0.2) is 56.4 Å². The molecule has 9 nitrogen and oxygen atoms in total. The molecule has 50 heavy (non-hydrogen) atoms. The Hall–Kier alpha value is -2.90. The van der Waals surface area contributed by atoms with E-state index in [-0.39, 0.29) is 53.5 Å². The van der Waals surface area contributed by atoms with E-state index < -0.39 is 25.3 Å². The highest BCUT2D eigenvalue weighted by atomic mass is 33.1. The number of nitro benzene ring substituents is 1. The molecule has 0 radical (unpaired) electrons. The molecule has 0 saturated carbocycles. The van der Waals surface area contributed by atoms with E-state index in [9.17, 15) is 28.1 Å². The van der Waals surface area contributed by atoms with Crippen LogP contribution in [0.2, 0.25) is 18.1 Å². The summed E-state index contributed by atoms with van der Waals surface area (Å²) in [6.45, 7) is 18.0. The molecule has 2 atom stereocenters. The second kappa shape index (κ2) is 17.5. The number of benzene rings is 1. The van der Waals surface area contributed by atoms with Gasteiger partial charge in [0.2, 0.25) is 0 Å². The second-order valence-corrected chi connectivity index (χ2v) is 22.0. The number of hydrogen-bond donors (Lipinski definition) is 1. The van der Waals surface area contributed by atoms with Gasteiger partial charge in [-0.15, -0.1) is 18.1 Å². The van der Waals surface area contributed by atoms with Crippen molar-refractivity contribution in [2.24, 2.45) is 11.8 Å². The third kappa shape index (κ3) is 13.0. The molecule has 15 heteroatoms. The Balaban J connectivity index is 1.56. The van der Waals surface area contributed by atoms with Gasteiger partial charge in [-0.1, -0.05) is 77.7 Å². The summed E-state index contributed by atoms with van der Waals surface area (Å²) in [5.41, 5.74) is 1.34. The van der Waals surface area contributed by atoms with Crippen molar-refractivity contribution < 1.29 is 41.0 Å². The largest absolute Gasteiger partial charge is 0.559 e. The van der Waals surface area contributed by atoms with E-state index in [1.165, 1.54) is 23.2 Å². The summed E-state index contributed by atoms with van der Waals surface area (Å²) in [7, 11) is -0.336. The SMILES string of the molecule is CC(C)(C)SSOC1=C(CO[Si-](C)(C)C(C)(C)C)OCC1CC1C=CC(C#CCOCc2ccc(CCNC(=O)C(F)(F)F)cc2[N+](=O)[O-])=C1. The van der Waals surface area contributed by atoms with Gasteiger partial charge in [0, 0.05) is 22.9 Å². The Labute approximate surface area is 302 Å². The van der Waals surface area contributed by atoms with Crippen LogP contribution in [0.4, 0.5) is 18.9 Å². The summed E-state index contributed by atoms with van der Waals surface area (Å²) in [6.07, 6.45) is 1.95. The predicted molar refractivity (Wildman–Crippen MR) is 194 cm³/mol. The lowest BCUT2D eigenvalue weighted by Crippen LogP contribution is -2.41. The summed E-state index contributed by atoms with van der Waals surface area (Å²) >= 11 is 1.36. The minimum Gasteiger partial charge on any atom is -0.559 e. The van der Waals surface area contributed by atoms with E-state index in [2.05, 4.69) is 78.6 Å². The minimum atomic E-state index is -4.99. The molecule has 0 saturated heterocycles. The molecule has 0 aromatic heterocycles. The zero-order valence-corrected chi connectivity index (χ0v) is 32.5. The van der Waals surface area contributed by atoms with Crippen LogP contribution in [0.1, 0.15) is 59.1 Å². The maximum atomic E-state index is 12.4. The first-order valence-corrected chi connectivity index (χ1v) is 21.2. The molecule has 2 unspecified atom stereocenters. The topological polar surface area (TPSA) is 109 Å². The average molecular weight is 757 g/mol. The normalized spacial score (nSPS) is 18.0. The number of allylic oxidation sites excluding steroid dienone is 4. The number of ether oxygens (including phenoxy) is 2. The fourth-order valence-corrected chi connectivity index (χ4v) is 6.95. The highest BCUT2D eigenvalue weighted by Crippen LogP contribution is 2.43. The first-order chi connectivity index (χ1) is 23.2. The van der Waals surface area contributed by atoms with Crippen LogP contribution < -0.4 is 5.32 Å². The molecular formula is C35H47F3N2O7S2Si-. The second-order valence-electron chi connectivity index (χ2n) is 14.6. The summed E-state index contributed by atoms with van der Waals surface area (Å²) < 4.78 is 61.6. The number of hydrogen-bond acceptors (Lipinski definition) is 9. The van der Waals surface area contributed by atoms with Crippen molar-refractivity contribution in [3.8, 4) is 11.8 Å². The highest BCUT2D eigenvalue weighted by Gasteiger charge is 2.38. The number of alkyl halides is 3. The predicted octanol–water partition coefficient (Wildman–Crippen LogP) is 8.83. The van der Waals surface area contributed by atoms with Crippen LogP contribution in [-0.2, 0) is 35.9 Å². The zero-order valence-electron chi connectivity index (χ0n) is 29.8. The monoisotopic (exact) mass is 756 g/mol. The van der Waals surface area contributed by atoms with Gasteiger partial charge in [-0.05, 0) is 49.5 Å². The first-order valence-electron chi connectivity index (χ1n) is 16.3. The summed E-state index contributed by atoms with van der Waals surface area (Å²) in [5.74, 6) is 5.77. The summed E-state index contributed by atoms with van der Waals surface area (Å²) in [5, 5.41) is 13.4. The van der Waals surface area contributed by atoms with Crippen molar-refractivity contribution in [3.63, 3.8) is 0 Å². The van der Waals surface area contributed by atoms with Crippen LogP contribution in [0, 0.1) is 33.8 Å². The van der Waals surface area contributed by atoms with Crippen molar-refractivity contribution >= 4 is 41.8 Å². The fourth-order valence-electron chi connectivity index (χ4n) is 4.55. The van der Waals surface area contributed by atoms with E-state index >= 15 is 0 Å².